The Balaban J connectivity index is 1.93. The predicted molar refractivity (Wildman–Crippen MR) is 70.9 cm³/mol. The van der Waals surface area contributed by atoms with Crippen molar-refractivity contribution >= 4 is 16.3 Å². The van der Waals surface area contributed by atoms with E-state index in [1.54, 1.807) is 0 Å². The van der Waals surface area contributed by atoms with Crippen molar-refractivity contribution in [1.29, 1.82) is 0 Å². The molecule has 0 spiro atoms. The van der Waals surface area contributed by atoms with E-state index in [4.69, 9.17) is 0 Å². The molecule has 0 amide bonds. The number of aryl methyl sites for hydroxylation is 1. The third kappa shape index (κ3) is 5.83. The van der Waals surface area contributed by atoms with Crippen LogP contribution in [0.15, 0.2) is 12.1 Å². The summed E-state index contributed by atoms with van der Waals surface area (Å²) in [6.07, 6.45) is 8.23. The second-order valence-electron chi connectivity index (χ2n) is 4.10. The molecule has 1 rings (SSSR count). The molecule has 0 radical (unpaired) electrons. The topological polar surface area (TPSA) is 12.0 Å². The first-order valence-electron chi connectivity index (χ1n) is 6.13. The first kappa shape index (κ1) is 12.6. The maximum atomic E-state index is 3.47. The van der Waals surface area contributed by atoms with Crippen LogP contribution >= 0.6 is 11.3 Å². The molecule has 0 saturated heterocycles. The second kappa shape index (κ2) is 7.75. The molecule has 0 aromatic carbocycles. The Morgan fingerprint density at radius 3 is 2.47 bits per heavy atom. The van der Waals surface area contributed by atoms with Gasteiger partial charge in [0.1, 0.15) is 0 Å². The Morgan fingerprint density at radius 1 is 1.07 bits per heavy atom. The quantitative estimate of drug-likeness (QED) is 0.625. The van der Waals surface area contributed by atoms with Crippen molar-refractivity contribution in [3.63, 3.8) is 0 Å². The van der Waals surface area contributed by atoms with E-state index in [0.29, 0.717) is 0 Å². The van der Waals surface area contributed by atoms with E-state index < -0.39 is 0 Å². The van der Waals surface area contributed by atoms with Crippen molar-refractivity contribution in [2.75, 3.05) is 11.9 Å². The highest BCUT2D eigenvalue weighted by Crippen LogP contribution is 2.20. The van der Waals surface area contributed by atoms with E-state index in [9.17, 15) is 0 Å². The van der Waals surface area contributed by atoms with Crippen LogP contribution in [0.25, 0.3) is 0 Å². The van der Waals surface area contributed by atoms with Crippen molar-refractivity contribution in [2.45, 2.75) is 52.4 Å². The van der Waals surface area contributed by atoms with Crippen LogP contribution in [0, 0.1) is 6.92 Å². The number of anilines is 1. The minimum Gasteiger partial charge on any atom is -0.377 e. The lowest BCUT2D eigenvalue weighted by Gasteiger charge is -2.03. The van der Waals surface area contributed by atoms with E-state index in [1.165, 1.54) is 48.4 Å². The molecule has 0 fully saturated rings. The highest BCUT2D eigenvalue weighted by Gasteiger charge is 1.94. The number of unbranched alkanes of at least 4 members (excludes halogenated alkanes) is 5. The van der Waals surface area contributed by atoms with Crippen molar-refractivity contribution in [3.8, 4) is 0 Å². The number of nitrogens with one attached hydrogen (secondary N) is 1. The minimum atomic E-state index is 1.13. The van der Waals surface area contributed by atoms with Crippen LogP contribution in [0.3, 0.4) is 0 Å². The number of thiophene rings is 1. The Bertz CT molecular complexity index is 255. The molecule has 2 heteroatoms. The summed E-state index contributed by atoms with van der Waals surface area (Å²) >= 11 is 1.85. The Labute approximate surface area is 97.9 Å². The van der Waals surface area contributed by atoms with Crippen LogP contribution in [-0.4, -0.2) is 6.54 Å². The summed E-state index contributed by atoms with van der Waals surface area (Å²) in [4.78, 5) is 1.39. The second-order valence-corrected chi connectivity index (χ2v) is 5.39. The highest BCUT2D eigenvalue weighted by molar-refractivity contribution is 7.16. The lowest BCUT2D eigenvalue weighted by atomic mass is 10.1. The maximum Gasteiger partial charge on any atom is 0.0885 e. The maximum absolute atomic E-state index is 3.47. The smallest absolute Gasteiger partial charge is 0.0885 e. The van der Waals surface area contributed by atoms with Gasteiger partial charge in [-0.05, 0) is 25.5 Å². The molecule has 0 atom stereocenters. The lowest BCUT2D eigenvalue weighted by Crippen LogP contribution is -1.99. The molecule has 1 aromatic heterocycles. The normalized spacial score (nSPS) is 10.5. The van der Waals surface area contributed by atoms with E-state index >= 15 is 0 Å². The van der Waals surface area contributed by atoms with E-state index in [-0.39, 0.29) is 0 Å². The SMILES string of the molecule is CCCCCCCCNc1ccc(C)s1. The Kier molecular flexibility index (Phi) is 6.49. The van der Waals surface area contributed by atoms with Crippen LogP contribution in [0.5, 0.6) is 0 Å². The molecule has 86 valence electrons. The molecular formula is C13H23NS. The molecule has 1 aromatic rings. The van der Waals surface area contributed by atoms with E-state index in [1.807, 2.05) is 11.3 Å². The number of hydrogen-bond donors (Lipinski definition) is 1. The summed E-state index contributed by atoms with van der Waals surface area (Å²) in [5.74, 6) is 0. The molecule has 0 aliphatic heterocycles. The van der Waals surface area contributed by atoms with Gasteiger partial charge in [-0.3, -0.25) is 0 Å². The van der Waals surface area contributed by atoms with Crippen molar-refractivity contribution in [2.24, 2.45) is 0 Å². The summed E-state index contributed by atoms with van der Waals surface area (Å²) in [6.45, 7) is 5.55. The first-order chi connectivity index (χ1) is 7.33. The van der Waals surface area contributed by atoms with Crippen molar-refractivity contribution in [1.82, 2.24) is 0 Å². The Morgan fingerprint density at radius 2 is 1.80 bits per heavy atom. The fourth-order valence-electron chi connectivity index (χ4n) is 1.65. The molecule has 0 saturated carbocycles. The summed E-state index contributed by atoms with van der Waals surface area (Å²) < 4.78 is 0. The van der Waals surface area contributed by atoms with Crippen LogP contribution in [0.1, 0.15) is 50.3 Å². The van der Waals surface area contributed by atoms with Gasteiger partial charge in [-0.15, -0.1) is 11.3 Å². The molecule has 1 N–H and O–H groups in total. The molecule has 1 heterocycles. The molecule has 15 heavy (non-hydrogen) atoms. The summed E-state index contributed by atoms with van der Waals surface area (Å²) in [5.41, 5.74) is 0. The number of hydrogen-bond acceptors (Lipinski definition) is 2. The highest BCUT2D eigenvalue weighted by atomic mass is 32.1. The molecule has 0 aliphatic carbocycles. The first-order valence-corrected chi connectivity index (χ1v) is 6.95. The van der Waals surface area contributed by atoms with E-state index in [0.717, 1.165) is 6.54 Å². The molecule has 0 bridgehead atoms. The van der Waals surface area contributed by atoms with Crippen LogP contribution < -0.4 is 5.32 Å². The van der Waals surface area contributed by atoms with Gasteiger partial charge < -0.3 is 5.32 Å². The third-order valence-corrected chi connectivity index (χ3v) is 3.53. The monoisotopic (exact) mass is 225 g/mol. The Hall–Kier alpha value is -0.500. The van der Waals surface area contributed by atoms with E-state index in [2.05, 4.69) is 31.3 Å². The molecule has 1 nitrogen and oxygen atoms in total. The average molecular weight is 225 g/mol. The van der Waals surface area contributed by atoms with Crippen molar-refractivity contribution in [3.05, 3.63) is 17.0 Å². The molecule has 0 unspecified atom stereocenters. The van der Waals surface area contributed by atoms with Crippen LogP contribution in [0.2, 0.25) is 0 Å². The van der Waals surface area contributed by atoms with Gasteiger partial charge in [0.05, 0.1) is 5.00 Å². The summed E-state index contributed by atoms with van der Waals surface area (Å²) in [6, 6.07) is 4.35. The summed E-state index contributed by atoms with van der Waals surface area (Å²) in [7, 11) is 0. The van der Waals surface area contributed by atoms with Gasteiger partial charge in [-0.2, -0.15) is 0 Å². The van der Waals surface area contributed by atoms with Gasteiger partial charge >= 0.3 is 0 Å². The fraction of sp³-hybridized carbons (Fsp3) is 0.692. The number of rotatable bonds is 8. The van der Waals surface area contributed by atoms with Gasteiger partial charge in [-0.1, -0.05) is 39.0 Å². The van der Waals surface area contributed by atoms with Crippen molar-refractivity contribution < 1.29 is 0 Å². The van der Waals surface area contributed by atoms with Gasteiger partial charge in [-0.25, -0.2) is 0 Å². The summed E-state index contributed by atoms with van der Waals surface area (Å²) in [5, 5.41) is 4.80. The molecular weight excluding hydrogens is 202 g/mol. The third-order valence-electron chi connectivity index (χ3n) is 2.57. The van der Waals surface area contributed by atoms with Crippen LogP contribution in [0.4, 0.5) is 5.00 Å². The predicted octanol–water partition coefficient (Wildman–Crippen LogP) is 4.83. The fourth-order valence-corrected chi connectivity index (χ4v) is 2.44. The van der Waals surface area contributed by atoms with Gasteiger partial charge in [0.25, 0.3) is 0 Å². The zero-order valence-electron chi connectivity index (χ0n) is 10.0. The molecule has 0 aliphatic rings. The van der Waals surface area contributed by atoms with Gasteiger partial charge in [0.15, 0.2) is 0 Å². The van der Waals surface area contributed by atoms with Gasteiger partial charge in [0.2, 0.25) is 0 Å². The lowest BCUT2D eigenvalue weighted by molar-refractivity contribution is 0.617. The zero-order valence-corrected chi connectivity index (χ0v) is 10.8. The minimum absolute atomic E-state index is 1.13. The van der Waals surface area contributed by atoms with Gasteiger partial charge in [0, 0.05) is 11.4 Å². The zero-order chi connectivity index (χ0) is 10.9. The van der Waals surface area contributed by atoms with Crippen LogP contribution in [-0.2, 0) is 0 Å². The standard InChI is InChI=1S/C13H23NS/c1-3-4-5-6-7-8-11-14-13-10-9-12(2)15-13/h9-10,14H,3-8,11H2,1-2H3. The average Bonchev–Trinajstić information content (AvgIpc) is 2.63. The largest absolute Gasteiger partial charge is 0.377 e.